The van der Waals surface area contributed by atoms with Gasteiger partial charge in [-0.15, -0.1) is 0 Å². The lowest BCUT2D eigenvalue weighted by atomic mass is 9.83. The molecule has 1 N–H and O–H groups in total. The first-order chi connectivity index (χ1) is 10.8. The zero-order valence-corrected chi connectivity index (χ0v) is 12.4. The van der Waals surface area contributed by atoms with Crippen LogP contribution in [0.3, 0.4) is 0 Å². The fourth-order valence-corrected chi connectivity index (χ4v) is 4.13. The number of benzene rings is 1. The summed E-state index contributed by atoms with van der Waals surface area (Å²) in [6.45, 7) is 0.713. The van der Waals surface area contributed by atoms with Crippen molar-refractivity contribution in [1.82, 2.24) is 5.32 Å². The molecule has 116 valence electrons. The van der Waals surface area contributed by atoms with Gasteiger partial charge >= 0.3 is 6.09 Å². The monoisotopic (exact) mass is 300 g/mol. The molecule has 2 aliphatic carbocycles. The van der Waals surface area contributed by atoms with Crippen LogP contribution in [0.4, 0.5) is 4.79 Å². The Balaban J connectivity index is 1.26. The number of amides is 1. The van der Waals surface area contributed by atoms with E-state index in [1.165, 1.54) is 19.3 Å². The Morgan fingerprint density at radius 3 is 2.95 bits per heavy atom. The van der Waals surface area contributed by atoms with E-state index in [1.54, 1.807) is 0 Å². The van der Waals surface area contributed by atoms with Crippen LogP contribution >= 0.6 is 0 Å². The number of fused-ring (bicyclic) bond motifs is 5. The van der Waals surface area contributed by atoms with Crippen LogP contribution in [0.2, 0.25) is 0 Å². The first kappa shape index (κ1) is 13.6. The molecule has 0 spiro atoms. The summed E-state index contributed by atoms with van der Waals surface area (Å²) in [5, 5.41) is 6.99. The summed E-state index contributed by atoms with van der Waals surface area (Å²) in [5.74, 6) is 1.77. The minimum atomic E-state index is -0.404. The second-order valence-corrected chi connectivity index (χ2v) is 6.43. The molecular formula is C17H20N2O3. The molecular weight excluding hydrogens is 280 g/mol. The van der Waals surface area contributed by atoms with E-state index in [0.29, 0.717) is 24.3 Å². The van der Waals surface area contributed by atoms with Crippen molar-refractivity contribution in [3.63, 3.8) is 0 Å². The highest BCUT2D eigenvalue weighted by Gasteiger charge is 2.54. The highest BCUT2D eigenvalue weighted by molar-refractivity contribution is 5.92. The molecule has 0 radical (unpaired) electrons. The number of oxime groups is 1. The number of carbonyl (C=O) groups excluding carboxylic acids is 1. The Kier molecular flexibility index (Phi) is 3.48. The van der Waals surface area contributed by atoms with Gasteiger partial charge in [-0.05, 0) is 36.7 Å². The van der Waals surface area contributed by atoms with Gasteiger partial charge < -0.3 is 14.9 Å². The number of ether oxygens (including phenoxy) is 1. The zero-order valence-electron chi connectivity index (χ0n) is 12.4. The van der Waals surface area contributed by atoms with Crippen molar-refractivity contribution in [1.29, 1.82) is 0 Å². The second-order valence-electron chi connectivity index (χ2n) is 6.43. The van der Waals surface area contributed by atoms with Crippen LogP contribution < -0.4 is 5.32 Å². The SMILES string of the molecule is O=C(NCC1=NO[C@@H]2[C@H]3CC[C@H](C3)[C@H]12)OCc1ccccc1. The van der Waals surface area contributed by atoms with E-state index >= 15 is 0 Å². The summed E-state index contributed by atoms with van der Waals surface area (Å²) in [5.41, 5.74) is 1.96. The highest BCUT2D eigenvalue weighted by Crippen LogP contribution is 2.52. The van der Waals surface area contributed by atoms with E-state index in [4.69, 9.17) is 9.57 Å². The Hall–Kier alpha value is -2.04. The molecule has 0 aromatic heterocycles. The lowest BCUT2D eigenvalue weighted by Crippen LogP contribution is -2.37. The van der Waals surface area contributed by atoms with Gasteiger partial charge in [-0.25, -0.2) is 4.79 Å². The number of alkyl carbamates (subject to hydrolysis) is 1. The zero-order chi connectivity index (χ0) is 14.9. The largest absolute Gasteiger partial charge is 0.445 e. The molecule has 1 aromatic carbocycles. The van der Waals surface area contributed by atoms with Crippen LogP contribution in [0.15, 0.2) is 35.5 Å². The summed E-state index contributed by atoms with van der Waals surface area (Å²) in [7, 11) is 0. The van der Waals surface area contributed by atoms with Gasteiger partial charge in [-0.3, -0.25) is 0 Å². The van der Waals surface area contributed by atoms with Crippen LogP contribution in [0.1, 0.15) is 24.8 Å². The topological polar surface area (TPSA) is 59.9 Å². The van der Waals surface area contributed by atoms with E-state index < -0.39 is 6.09 Å². The molecule has 2 bridgehead atoms. The van der Waals surface area contributed by atoms with Gasteiger partial charge in [0, 0.05) is 5.92 Å². The maximum absolute atomic E-state index is 11.8. The molecule has 5 nitrogen and oxygen atoms in total. The fourth-order valence-electron chi connectivity index (χ4n) is 4.13. The third-order valence-corrected chi connectivity index (χ3v) is 5.14. The number of hydrogen-bond donors (Lipinski definition) is 1. The smallest absolute Gasteiger partial charge is 0.407 e. The van der Waals surface area contributed by atoms with E-state index in [9.17, 15) is 4.79 Å². The van der Waals surface area contributed by atoms with Crippen LogP contribution in [0.5, 0.6) is 0 Å². The van der Waals surface area contributed by atoms with Crippen LogP contribution in [0.25, 0.3) is 0 Å². The van der Waals surface area contributed by atoms with Crippen LogP contribution in [-0.2, 0) is 16.2 Å². The summed E-state index contributed by atoms with van der Waals surface area (Å²) in [6, 6.07) is 9.66. The number of hydrogen-bond acceptors (Lipinski definition) is 4. The molecule has 1 aromatic rings. The van der Waals surface area contributed by atoms with Crippen molar-refractivity contribution in [2.45, 2.75) is 32.0 Å². The minimum absolute atomic E-state index is 0.260. The first-order valence-corrected chi connectivity index (χ1v) is 7.98. The van der Waals surface area contributed by atoms with Crippen LogP contribution in [0, 0.1) is 17.8 Å². The standard InChI is InChI=1S/C17H20N2O3/c20-17(21-10-11-4-2-1-3-5-11)18-9-14-15-12-6-7-13(8-12)16(15)22-19-14/h1-5,12-13,15-16H,6-10H2,(H,18,20)/t12-,13+,15-,16-/m1/s1. The second kappa shape index (κ2) is 5.63. The van der Waals surface area contributed by atoms with Crippen molar-refractivity contribution >= 4 is 11.8 Å². The maximum atomic E-state index is 11.8. The van der Waals surface area contributed by atoms with Gasteiger partial charge in [0.2, 0.25) is 0 Å². The Bertz CT molecular complexity index is 587. The molecule has 3 aliphatic rings. The quantitative estimate of drug-likeness (QED) is 0.930. The number of nitrogens with one attached hydrogen (secondary N) is 1. The maximum Gasteiger partial charge on any atom is 0.407 e. The molecule has 5 heteroatoms. The van der Waals surface area contributed by atoms with Crippen LogP contribution in [-0.4, -0.2) is 24.5 Å². The number of carbonyl (C=O) groups is 1. The molecule has 22 heavy (non-hydrogen) atoms. The lowest BCUT2D eigenvalue weighted by molar-refractivity contribution is 0.0275. The minimum Gasteiger partial charge on any atom is -0.445 e. The van der Waals surface area contributed by atoms with Gasteiger partial charge in [0.05, 0.1) is 12.3 Å². The number of rotatable bonds is 4. The van der Waals surface area contributed by atoms with Gasteiger partial charge in [-0.1, -0.05) is 35.5 Å². The van der Waals surface area contributed by atoms with Crippen molar-refractivity contribution in [2.24, 2.45) is 22.9 Å². The van der Waals surface area contributed by atoms with E-state index in [0.717, 1.165) is 11.3 Å². The fraction of sp³-hybridized carbons (Fsp3) is 0.529. The van der Waals surface area contributed by atoms with Gasteiger partial charge in [0.25, 0.3) is 0 Å². The molecule has 4 rings (SSSR count). The lowest BCUT2D eigenvalue weighted by Gasteiger charge is -2.22. The molecule has 0 saturated heterocycles. The molecule has 1 aliphatic heterocycles. The van der Waals surface area contributed by atoms with Crippen molar-refractivity contribution < 1.29 is 14.4 Å². The normalized spacial score (nSPS) is 31.4. The van der Waals surface area contributed by atoms with Crippen molar-refractivity contribution in [3.05, 3.63) is 35.9 Å². The van der Waals surface area contributed by atoms with Gasteiger partial charge in [0.1, 0.15) is 12.7 Å². The molecule has 1 amide bonds. The summed E-state index contributed by atoms with van der Waals surface area (Å²) in [4.78, 5) is 17.4. The summed E-state index contributed by atoms with van der Waals surface area (Å²) in [6.07, 6.45) is 3.65. The molecule has 0 unspecified atom stereocenters. The molecule has 2 fully saturated rings. The molecule has 1 heterocycles. The average molecular weight is 300 g/mol. The van der Waals surface area contributed by atoms with Crippen molar-refractivity contribution in [3.8, 4) is 0 Å². The van der Waals surface area contributed by atoms with Gasteiger partial charge in [-0.2, -0.15) is 0 Å². The highest BCUT2D eigenvalue weighted by atomic mass is 16.6. The Labute approximate surface area is 129 Å². The summed E-state index contributed by atoms with van der Waals surface area (Å²) < 4.78 is 5.22. The molecule has 2 saturated carbocycles. The third kappa shape index (κ3) is 2.45. The predicted octanol–water partition coefficient (Wildman–Crippen LogP) is 2.71. The van der Waals surface area contributed by atoms with Gasteiger partial charge in [0.15, 0.2) is 0 Å². The van der Waals surface area contributed by atoms with E-state index in [1.807, 2.05) is 30.3 Å². The molecule has 4 atom stereocenters. The van der Waals surface area contributed by atoms with Crippen molar-refractivity contribution in [2.75, 3.05) is 6.54 Å². The Morgan fingerprint density at radius 2 is 2.09 bits per heavy atom. The average Bonchev–Trinajstić information content (AvgIpc) is 3.25. The summed E-state index contributed by atoms with van der Waals surface area (Å²) >= 11 is 0. The predicted molar refractivity (Wildman–Crippen MR) is 81.3 cm³/mol. The van der Waals surface area contributed by atoms with E-state index in [2.05, 4.69) is 10.5 Å². The third-order valence-electron chi connectivity index (χ3n) is 5.14. The van der Waals surface area contributed by atoms with E-state index in [-0.39, 0.29) is 12.7 Å². The number of nitrogens with zero attached hydrogens (tertiary/aromatic N) is 1. The Morgan fingerprint density at radius 1 is 1.27 bits per heavy atom. The first-order valence-electron chi connectivity index (χ1n) is 7.98.